The first-order valence-electron chi connectivity index (χ1n) is 9.62. The van der Waals surface area contributed by atoms with E-state index in [2.05, 4.69) is 6.07 Å². The molecule has 7 heteroatoms. The van der Waals surface area contributed by atoms with Crippen LogP contribution in [0.25, 0.3) is 11.0 Å². The molecular formula is C23H20N2O5. The van der Waals surface area contributed by atoms with E-state index in [-0.39, 0.29) is 22.8 Å². The predicted molar refractivity (Wildman–Crippen MR) is 111 cm³/mol. The second-order valence-electron chi connectivity index (χ2n) is 6.59. The topological polar surface area (TPSA) is 108 Å². The zero-order valence-corrected chi connectivity index (χ0v) is 16.6. The molecule has 2 heterocycles. The lowest BCUT2D eigenvalue weighted by molar-refractivity contribution is 0.284. The number of ether oxygens (including phenoxy) is 3. The van der Waals surface area contributed by atoms with Gasteiger partial charge in [0.05, 0.1) is 30.1 Å². The molecule has 0 spiro atoms. The molecule has 3 aromatic rings. The van der Waals surface area contributed by atoms with E-state index in [4.69, 9.17) is 24.4 Å². The number of nitrogens with two attached hydrogens (primary N) is 1. The van der Waals surface area contributed by atoms with Gasteiger partial charge in [0.2, 0.25) is 5.88 Å². The van der Waals surface area contributed by atoms with Crippen molar-refractivity contribution < 1.29 is 18.6 Å². The molecule has 0 saturated heterocycles. The Kier molecular flexibility index (Phi) is 5.07. The van der Waals surface area contributed by atoms with Crippen LogP contribution in [-0.4, -0.2) is 13.2 Å². The van der Waals surface area contributed by atoms with Crippen molar-refractivity contribution in [1.29, 1.82) is 5.26 Å². The number of nitriles is 1. The SMILES string of the molecule is CCOc1cccc([C@H]2C(C#N)=C(N)Oc3c2c(=O)oc2ccccc32)c1OCC. The molecule has 152 valence electrons. The van der Waals surface area contributed by atoms with E-state index in [1.165, 1.54) is 0 Å². The van der Waals surface area contributed by atoms with Gasteiger partial charge in [0.1, 0.15) is 17.2 Å². The summed E-state index contributed by atoms with van der Waals surface area (Å²) >= 11 is 0. The Hall–Kier alpha value is -3.92. The minimum absolute atomic E-state index is 0.0602. The summed E-state index contributed by atoms with van der Waals surface area (Å²) in [6.07, 6.45) is 0. The molecule has 4 rings (SSSR count). The minimum atomic E-state index is -0.818. The molecule has 0 amide bonds. The number of benzene rings is 2. The Balaban J connectivity index is 2.06. The molecule has 7 nitrogen and oxygen atoms in total. The van der Waals surface area contributed by atoms with Gasteiger partial charge in [-0.05, 0) is 32.0 Å². The van der Waals surface area contributed by atoms with E-state index in [0.29, 0.717) is 41.2 Å². The Bertz CT molecular complexity index is 1250. The molecule has 2 aromatic carbocycles. The minimum Gasteiger partial charge on any atom is -0.490 e. The Labute approximate surface area is 172 Å². The van der Waals surface area contributed by atoms with Crippen LogP contribution in [0.4, 0.5) is 0 Å². The highest BCUT2D eigenvalue weighted by Gasteiger charge is 2.37. The molecule has 0 saturated carbocycles. The molecule has 30 heavy (non-hydrogen) atoms. The van der Waals surface area contributed by atoms with E-state index in [0.717, 1.165) is 0 Å². The fraction of sp³-hybridized carbons (Fsp3) is 0.217. The summed E-state index contributed by atoms with van der Waals surface area (Å²) in [7, 11) is 0. The van der Waals surface area contributed by atoms with Crippen LogP contribution < -0.4 is 25.6 Å². The van der Waals surface area contributed by atoms with Gasteiger partial charge in [-0.1, -0.05) is 24.3 Å². The molecule has 0 unspecified atom stereocenters. The first kappa shape index (κ1) is 19.4. The molecule has 0 radical (unpaired) electrons. The van der Waals surface area contributed by atoms with Gasteiger partial charge in [-0.25, -0.2) is 4.79 Å². The third kappa shape index (κ3) is 3.03. The predicted octanol–water partition coefficient (Wildman–Crippen LogP) is 3.81. The first-order chi connectivity index (χ1) is 14.6. The van der Waals surface area contributed by atoms with Crippen LogP contribution in [-0.2, 0) is 0 Å². The normalized spacial score (nSPS) is 15.3. The lowest BCUT2D eigenvalue weighted by atomic mass is 9.83. The summed E-state index contributed by atoms with van der Waals surface area (Å²) in [6.45, 7) is 4.53. The lowest BCUT2D eigenvalue weighted by Crippen LogP contribution is -2.26. The van der Waals surface area contributed by atoms with Crippen LogP contribution >= 0.6 is 0 Å². The van der Waals surface area contributed by atoms with Crippen LogP contribution in [0.1, 0.15) is 30.9 Å². The smallest absolute Gasteiger partial charge is 0.344 e. The van der Waals surface area contributed by atoms with Crippen LogP contribution in [0, 0.1) is 11.3 Å². The highest BCUT2D eigenvalue weighted by Crippen LogP contribution is 2.47. The fourth-order valence-electron chi connectivity index (χ4n) is 3.71. The van der Waals surface area contributed by atoms with Crippen molar-refractivity contribution in [3.63, 3.8) is 0 Å². The average molecular weight is 404 g/mol. The van der Waals surface area contributed by atoms with Crippen LogP contribution in [0.5, 0.6) is 17.2 Å². The third-order valence-corrected chi connectivity index (χ3v) is 4.88. The van der Waals surface area contributed by atoms with Crippen molar-refractivity contribution in [2.75, 3.05) is 13.2 Å². The zero-order chi connectivity index (χ0) is 21.3. The summed E-state index contributed by atoms with van der Waals surface area (Å²) in [5.74, 6) is 0.378. The maximum atomic E-state index is 13.0. The van der Waals surface area contributed by atoms with Gasteiger partial charge in [-0.3, -0.25) is 0 Å². The number of para-hydroxylation sites is 2. The van der Waals surface area contributed by atoms with E-state index in [9.17, 15) is 10.1 Å². The van der Waals surface area contributed by atoms with Crippen molar-refractivity contribution in [1.82, 2.24) is 0 Å². The van der Waals surface area contributed by atoms with Crippen molar-refractivity contribution in [2.24, 2.45) is 5.73 Å². The third-order valence-electron chi connectivity index (χ3n) is 4.88. The van der Waals surface area contributed by atoms with Crippen LogP contribution in [0.3, 0.4) is 0 Å². The summed E-state index contributed by atoms with van der Waals surface area (Å²) < 4.78 is 22.9. The molecule has 1 aliphatic heterocycles. The maximum Gasteiger partial charge on any atom is 0.344 e. The van der Waals surface area contributed by atoms with Gasteiger partial charge >= 0.3 is 5.63 Å². The molecule has 1 atom stereocenters. The van der Waals surface area contributed by atoms with Crippen molar-refractivity contribution >= 4 is 11.0 Å². The van der Waals surface area contributed by atoms with Gasteiger partial charge < -0.3 is 24.4 Å². The molecule has 2 N–H and O–H groups in total. The molecule has 1 aromatic heterocycles. The van der Waals surface area contributed by atoms with Crippen molar-refractivity contribution in [2.45, 2.75) is 19.8 Å². The maximum absolute atomic E-state index is 13.0. The number of allylic oxidation sites excluding steroid dienone is 1. The van der Waals surface area contributed by atoms with Gasteiger partial charge in [-0.15, -0.1) is 0 Å². The highest BCUT2D eigenvalue weighted by atomic mass is 16.5. The van der Waals surface area contributed by atoms with E-state index in [1.807, 2.05) is 19.9 Å². The van der Waals surface area contributed by atoms with E-state index < -0.39 is 11.5 Å². The molecular weight excluding hydrogens is 384 g/mol. The lowest BCUT2D eigenvalue weighted by Gasteiger charge is -2.27. The second-order valence-corrected chi connectivity index (χ2v) is 6.59. The molecule has 0 fully saturated rings. The number of fused-ring (bicyclic) bond motifs is 3. The average Bonchev–Trinajstić information content (AvgIpc) is 2.74. The van der Waals surface area contributed by atoms with E-state index >= 15 is 0 Å². The number of rotatable bonds is 5. The zero-order valence-electron chi connectivity index (χ0n) is 16.6. The Morgan fingerprint density at radius 3 is 2.60 bits per heavy atom. The molecule has 1 aliphatic rings. The van der Waals surface area contributed by atoms with Crippen LogP contribution in [0.2, 0.25) is 0 Å². The summed E-state index contributed by atoms with van der Waals surface area (Å²) in [6, 6.07) is 14.5. The van der Waals surface area contributed by atoms with Gasteiger partial charge in [-0.2, -0.15) is 5.26 Å². The molecule has 0 aliphatic carbocycles. The van der Waals surface area contributed by atoms with Gasteiger partial charge in [0.25, 0.3) is 0 Å². The number of hydrogen-bond acceptors (Lipinski definition) is 7. The number of nitrogens with zero attached hydrogens (tertiary/aromatic N) is 1. The fourth-order valence-corrected chi connectivity index (χ4v) is 3.71. The summed E-state index contributed by atoms with van der Waals surface area (Å²) in [4.78, 5) is 13.0. The second kappa shape index (κ2) is 7.84. The quantitative estimate of drug-likeness (QED) is 0.644. The van der Waals surface area contributed by atoms with Gasteiger partial charge in [0, 0.05) is 5.56 Å². The molecule has 0 bridgehead atoms. The largest absolute Gasteiger partial charge is 0.490 e. The summed E-state index contributed by atoms with van der Waals surface area (Å²) in [5, 5.41) is 10.4. The van der Waals surface area contributed by atoms with Crippen molar-refractivity contribution in [3.8, 4) is 23.3 Å². The summed E-state index contributed by atoms with van der Waals surface area (Å²) in [5.41, 5.74) is 6.79. The monoisotopic (exact) mass is 404 g/mol. The number of hydrogen-bond donors (Lipinski definition) is 1. The Morgan fingerprint density at radius 1 is 1.10 bits per heavy atom. The Morgan fingerprint density at radius 2 is 1.87 bits per heavy atom. The highest BCUT2D eigenvalue weighted by molar-refractivity contribution is 5.86. The standard InChI is InChI=1S/C23H20N2O5/c1-3-27-17-11-7-9-14(20(17)28-4-2)18-15(12-24)22(25)30-21-13-8-5-6-10-16(13)29-23(26)19(18)21/h5-11,18H,3-4,25H2,1-2H3/t18-/m0/s1. The van der Waals surface area contributed by atoms with Crippen molar-refractivity contribution in [3.05, 3.63) is 75.5 Å². The van der Waals surface area contributed by atoms with E-state index in [1.54, 1.807) is 36.4 Å². The van der Waals surface area contributed by atoms with Gasteiger partial charge in [0.15, 0.2) is 17.2 Å². The first-order valence-corrected chi connectivity index (χ1v) is 9.62. The van der Waals surface area contributed by atoms with Crippen LogP contribution in [0.15, 0.2) is 63.1 Å².